The van der Waals surface area contributed by atoms with Crippen LogP contribution in [-0.4, -0.2) is 51.9 Å². The summed E-state index contributed by atoms with van der Waals surface area (Å²) >= 11 is 6.45. The number of hydrogen-bond donors (Lipinski definition) is 2. The number of carbonyl (C=O) groups is 2. The minimum atomic E-state index is -0.655. The quantitative estimate of drug-likeness (QED) is 0.347. The smallest absolute Gasteiger partial charge is 0.251 e. The van der Waals surface area contributed by atoms with Crippen molar-refractivity contribution in [1.82, 2.24) is 15.1 Å². The lowest BCUT2D eigenvalue weighted by molar-refractivity contribution is -0.132. The molecule has 2 amide bonds. The van der Waals surface area contributed by atoms with Gasteiger partial charge in [-0.25, -0.2) is 4.99 Å². The molecule has 9 heteroatoms. The summed E-state index contributed by atoms with van der Waals surface area (Å²) in [7, 11) is 0. The third-order valence-corrected chi connectivity index (χ3v) is 7.18. The Kier molecular flexibility index (Phi) is 8.44. The maximum Gasteiger partial charge on any atom is 0.251 e. The predicted molar refractivity (Wildman–Crippen MR) is 150 cm³/mol. The summed E-state index contributed by atoms with van der Waals surface area (Å²) in [6.07, 6.45) is 1.81. The van der Waals surface area contributed by atoms with E-state index in [1.54, 1.807) is 11.0 Å². The van der Waals surface area contributed by atoms with Crippen molar-refractivity contribution in [2.75, 3.05) is 13.2 Å². The summed E-state index contributed by atoms with van der Waals surface area (Å²) in [5, 5.41) is 12.7. The van der Waals surface area contributed by atoms with Gasteiger partial charge in [-0.2, -0.15) is 0 Å². The van der Waals surface area contributed by atoms with E-state index in [1.165, 1.54) is 0 Å². The molecule has 1 atom stereocenters. The first-order valence-electron chi connectivity index (χ1n) is 13.1. The number of nitrogens with one attached hydrogen (secondary N) is 1. The summed E-state index contributed by atoms with van der Waals surface area (Å²) in [6, 6.07) is 23.0. The molecule has 3 aromatic rings. The third-order valence-electron chi connectivity index (χ3n) is 6.89. The number of hydrogen-bond acceptors (Lipinski definition) is 6. The van der Waals surface area contributed by atoms with E-state index in [0.717, 1.165) is 16.7 Å². The Morgan fingerprint density at radius 2 is 1.72 bits per heavy atom. The van der Waals surface area contributed by atoms with Crippen LogP contribution in [0.3, 0.4) is 0 Å². The number of guanidine groups is 1. The Labute approximate surface area is 232 Å². The van der Waals surface area contributed by atoms with Crippen LogP contribution in [-0.2, 0) is 29.2 Å². The number of benzene rings is 3. The average molecular weight is 547 g/mol. The van der Waals surface area contributed by atoms with Crippen LogP contribution in [0.5, 0.6) is 5.75 Å². The van der Waals surface area contributed by atoms with Crippen LogP contribution in [0.4, 0.5) is 5.69 Å². The van der Waals surface area contributed by atoms with E-state index < -0.39 is 6.04 Å². The molecule has 5 rings (SSSR count). The second-order valence-corrected chi connectivity index (χ2v) is 10.1. The second kappa shape index (κ2) is 12.3. The maximum atomic E-state index is 13.2. The lowest BCUT2D eigenvalue weighted by atomic mass is 10.1. The van der Waals surface area contributed by atoms with E-state index in [0.29, 0.717) is 67.9 Å². The highest BCUT2D eigenvalue weighted by Gasteiger charge is 2.38. The fourth-order valence-electron chi connectivity index (χ4n) is 4.80. The number of aliphatic hydroxyl groups excluding tert-OH is 1. The van der Waals surface area contributed by atoms with Crippen molar-refractivity contribution in [1.29, 1.82) is 0 Å². The Morgan fingerprint density at radius 3 is 2.36 bits per heavy atom. The largest absolute Gasteiger partial charge is 0.492 e. The zero-order valence-electron chi connectivity index (χ0n) is 21.6. The van der Waals surface area contributed by atoms with Crippen LogP contribution in [0.1, 0.15) is 36.0 Å². The van der Waals surface area contributed by atoms with Crippen LogP contribution in [0, 0.1) is 0 Å². The number of rotatable bonds is 11. The SMILES string of the molecule is O=C1NC2=Nc3cc(Cl)c(OCCCCC(=O)N(Cc4ccccc4)Cc4ccccc4)cc3CN2C1CO. The van der Waals surface area contributed by atoms with Gasteiger partial charge in [-0.3, -0.25) is 14.9 Å². The molecule has 1 unspecified atom stereocenters. The van der Waals surface area contributed by atoms with Gasteiger partial charge < -0.3 is 19.6 Å². The summed E-state index contributed by atoms with van der Waals surface area (Å²) < 4.78 is 5.97. The van der Waals surface area contributed by atoms with Crippen molar-refractivity contribution >= 4 is 35.1 Å². The zero-order chi connectivity index (χ0) is 27.2. The number of fused-ring (bicyclic) bond motifs is 2. The average Bonchev–Trinajstić information content (AvgIpc) is 3.26. The van der Waals surface area contributed by atoms with Gasteiger partial charge in [0.1, 0.15) is 11.8 Å². The zero-order valence-corrected chi connectivity index (χ0v) is 22.3. The van der Waals surface area contributed by atoms with Crippen molar-refractivity contribution in [2.24, 2.45) is 4.99 Å². The summed E-state index contributed by atoms with van der Waals surface area (Å²) in [6.45, 7) is 1.67. The van der Waals surface area contributed by atoms with Gasteiger partial charge in [-0.1, -0.05) is 72.3 Å². The van der Waals surface area contributed by atoms with E-state index in [-0.39, 0.29) is 18.4 Å². The molecular weight excluding hydrogens is 516 g/mol. The van der Waals surface area contributed by atoms with Crippen molar-refractivity contribution < 1.29 is 19.4 Å². The molecule has 1 saturated heterocycles. The molecule has 2 aliphatic rings. The first-order valence-corrected chi connectivity index (χ1v) is 13.5. The summed E-state index contributed by atoms with van der Waals surface area (Å²) in [5.41, 5.74) is 3.73. The highest BCUT2D eigenvalue weighted by atomic mass is 35.5. The van der Waals surface area contributed by atoms with Crippen molar-refractivity contribution in [2.45, 2.75) is 44.9 Å². The molecule has 0 aromatic heterocycles. The number of aliphatic hydroxyl groups is 1. The number of aliphatic imine (C=N–C) groups is 1. The fraction of sp³-hybridized carbons (Fsp3) is 0.300. The lowest BCUT2D eigenvalue weighted by Crippen LogP contribution is -2.39. The van der Waals surface area contributed by atoms with Crippen LogP contribution >= 0.6 is 11.6 Å². The minimum absolute atomic E-state index is 0.107. The van der Waals surface area contributed by atoms with Crippen LogP contribution in [0.15, 0.2) is 77.8 Å². The molecule has 0 saturated carbocycles. The maximum absolute atomic E-state index is 13.2. The van der Waals surface area contributed by atoms with Gasteiger partial charge in [0.2, 0.25) is 11.9 Å². The molecule has 0 aliphatic carbocycles. The van der Waals surface area contributed by atoms with Gasteiger partial charge in [0.25, 0.3) is 5.91 Å². The molecule has 8 nitrogen and oxygen atoms in total. The standard InChI is InChI=1S/C30H31ClN4O4/c31-24-16-25-23(19-35-26(20-36)29(38)33-30(35)32-25)15-27(24)39-14-8-7-13-28(37)34(17-21-9-3-1-4-10-21)18-22-11-5-2-6-12-22/h1-6,9-12,15-16,26,36H,7-8,13-14,17-20H2,(H,32,33,38). The first kappa shape index (κ1) is 26.7. The van der Waals surface area contributed by atoms with Crippen molar-refractivity contribution in [3.63, 3.8) is 0 Å². The number of ether oxygens (including phenoxy) is 1. The molecule has 3 aromatic carbocycles. The summed E-state index contributed by atoms with van der Waals surface area (Å²) in [5.74, 6) is 0.798. The normalized spacial score (nSPS) is 15.7. The highest BCUT2D eigenvalue weighted by Crippen LogP contribution is 2.37. The van der Waals surface area contributed by atoms with Crippen LogP contribution in [0.2, 0.25) is 5.02 Å². The molecule has 1 fully saturated rings. The minimum Gasteiger partial charge on any atom is -0.492 e. The van der Waals surface area contributed by atoms with E-state index in [1.807, 2.05) is 71.6 Å². The fourth-order valence-corrected chi connectivity index (χ4v) is 5.01. The van der Waals surface area contributed by atoms with E-state index >= 15 is 0 Å². The van der Waals surface area contributed by atoms with Gasteiger partial charge in [0.05, 0.1) is 23.9 Å². The van der Waals surface area contributed by atoms with E-state index in [9.17, 15) is 14.7 Å². The van der Waals surface area contributed by atoms with Gasteiger partial charge in [-0.05, 0) is 36.1 Å². The lowest BCUT2D eigenvalue weighted by Gasteiger charge is -2.27. The van der Waals surface area contributed by atoms with Gasteiger partial charge in [-0.15, -0.1) is 0 Å². The molecule has 39 heavy (non-hydrogen) atoms. The Hall–Kier alpha value is -3.88. The third kappa shape index (κ3) is 6.41. The summed E-state index contributed by atoms with van der Waals surface area (Å²) in [4.78, 5) is 33.3. The number of unbranched alkanes of at least 4 members (excludes halogenated alkanes) is 1. The Morgan fingerprint density at radius 1 is 1.05 bits per heavy atom. The molecule has 2 N–H and O–H groups in total. The first-order chi connectivity index (χ1) is 19.0. The molecule has 0 radical (unpaired) electrons. The monoisotopic (exact) mass is 546 g/mol. The molecule has 2 heterocycles. The predicted octanol–water partition coefficient (Wildman–Crippen LogP) is 4.41. The Bertz CT molecular complexity index is 1310. The van der Waals surface area contributed by atoms with E-state index in [2.05, 4.69) is 10.3 Å². The number of nitrogens with zero attached hydrogens (tertiary/aromatic N) is 3. The van der Waals surface area contributed by atoms with Crippen LogP contribution in [0.25, 0.3) is 0 Å². The molecule has 2 aliphatic heterocycles. The van der Waals surface area contributed by atoms with Gasteiger partial charge in [0.15, 0.2) is 0 Å². The van der Waals surface area contributed by atoms with Crippen LogP contribution < -0.4 is 10.1 Å². The number of amides is 2. The van der Waals surface area contributed by atoms with E-state index in [4.69, 9.17) is 16.3 Å². The Balaban J connectivity index is 1.14. The molecule has 0 bridgehead atoms. The molecule has 202 valence electrons. The second-order valence-electron chi connectivity index (χ2n) is 9.69. The topological polar surface area (TPSA) is 94.5 Å². The van der Waals surface area contributed by atoms with Gasteiger partial charge in [0, 0.05) is 31.6 Å². The number of halogens is 1. The van der Waals surface area contributed by atoms with Gasteiger partial charge >= 0.3 is 0 Å². The van der Waals surface area contributed by atoms with Crippen molar-refractivity contribution in [3.05, 3.63) is 94.5 Å². The molecular formula is C30H31ClN4O4. The highest BCUT2D eigenvalue weighted by molar-refractivity contribution is 6.32. The number of carbonyl (C=O) groups excluding carboxylic acids is 2. The molecule has 0 spiro atoms. The van der Waals surface area contributed by atoms with Crippen molar-refractivity contribution in [3.8, 4) is 5.75 Å².